The number of carbonyl (C=O) groups is 1. The van der Waals surface area contributed by atoms with E-state index >= 15 is 0 Å². The molecule has 2 N–H and O–H groups in total. The lowest BCUT2D eigenvalue weighted by atomic mass is 9.82. The molecule has 6 nitrogen and oxygen atoms in total. The molecular weight excluding hydrogens is 296 g/mol. The minimum atomic E-state index is -0.662. The number of pyridine rings is 1. The van der Waals surface area contributed by atoms with Crippen LogP contribution >= 0.6 is 0 Å². The molecule has 124 valence electrons. The summed E-state index contributed by atoms with van der Waals surface area (Å²) in [5.41, 5.74) is 1.93. The smallest absolute Gasteiger partial charge is 0.306 e. The predicted octanol–water partition coefficient (Wildman–Crippen LogP) is 2.30. The van der Waals surface area contributed by atoms with E-state index < -0.39 is 5.97 Å². The molecule has 0 unspecified atom stereocenters. The number of aliphatic carboxylic acids is 1. The van der Waals surface area contributed by atoms with E-state index in [9.17, 15) is 4.79 Å². The zero-order valence-electron chi connectivity index (χ0n) is 13.0. The summed E-state index contributed by atoms with van der Waals surface area (Å²) in [5.74, 6) is 0.321. The molecule has 0 spiro atoms. The lowest BCUT2D eigenvalue weighted by Crippen LogP contribution is -2.23. The van der Waals surface area contributed by atoms with Gasteiger partial charge in [-0.3, -0.25) is 9.78 Å². The molecule has 2 heterocycles. The Morgan fingerprint density at radius 2 is 2.13 bits per heavy atom. The second-order valence-electron chi connectivity index (χ2n) is 6.17. The third-order valence-corrected chi connectivity index (χ3v) is 4.60. The molecule has 0 saturated heterocycles. The molecule has 6 heteroatoms. The normalized spacial score (nSPS) is 21.4. The van der Waals surface area contributed by atoms with E-state index in [-0.39, 0.29) is 19.1 Å². The van der Waals surface area contributed by atoms with Crippen molar-refractivity contribution in [2.45, 2.75) is 32.2 Å². The van der Waals surface area contributed by atoms with Crippen LogP contribution in [-0.4, -0.2) is 38.9 Å². The summed E-state index contributed by atoms with van der Waals surface area (Å²) in [5, 5.41) is 17.9. The van der Waals surface area contributed by atoms with Gasteiger partial charge in [0.1, 0.15) is 12.4 Å². The van der Waals surface area contributed by atoms with Crippen LogP contribution in [-0.2, 0) is 11.3 Å². The van der Waals surface area contributed by atoms with Gasteiger partial charge in [0.2, 0.25) is 0 Å². The van der Waals surface area contributed by atoms with Crippen molar-refractivity contribution in [2.24, 2.45) is 11.8 Å². The fourth-order valence-corrected chi connectivity index (χ4v) is 3.32. The number of carboxylic acid groups (broad SMARTS) is 1. The highest BCUT2D eigenvalue weighted by molar-refractivity contribution is 5.77. The van der Waals surface area contributed by atoms with Crippen LogP contribution < -0.4 is 4.74 Å². The topological polar surface area (TPSA) is 84.6 Å². The summed E-state index contributed by atoms with van der Waals surface area (Å²) in [6.45, 7) is 1.11. The Morgan fingerprint density at radius 1 is 1.35 bits per heavy atom. The average molecular weight is 318 g/mol. The molecule has 0 bridgehead atoms. The first-order valence-corrected chi connectivity index (χ1v) is 8.08. The van der Waals surface area contributed by atoms with Gasteiger partial charge in [-0.1, -0.05) is 0 Å². The first kappa shape index (κ1) is 15.8. The molecule has 0 radical (unpaired) electrons. The number of hydrogen-bond acceptors (Lipinski definition) is 4. The Kier molecular flexibility index (Phi) is 4.81. The van der Waals surface area contributed by atoms with E-state index in [1.54, 1.807) is 6.20 Å². The summed E-state index contributed by atoms with van der Waals surface area (Å²) in [6, 6.07) is 3.93. The minimum absolute atomic E-state index is 0.0220. The van der Waals surface area contributed by atoms with Crippen molar-refractivity contribution >= 4 is 17.0 Å². The number of ether oxygens (including phenoxy) is 1. The number of hydrogen-bond donors (Lipinski definition) is 2. The van der Waals surface area contributed by atoms with Crippen LogP contribution in [0.1, 0.15) is 25.7 Å². The number of aromatic nitrogens is 2. The molecule has 1 fully saturated rings. The van der Waals surface area contributed by atoms with Crippen LogP contribution in [0.4, 0.5) is 0 Å². The SMILES string of the molecule is O=C(O)[C@H]1CC[C@H](Cn2ccc3ncc(OCCO)cc32)CC1. The summed E-state index contributed by atoms with van der Waals surface area (Å²) in [6.07, 6.45) is 7.12. The van der Waals surface area contributed by atoms with E-state index in [1.165, 1.54) is 0 Å². The fraction of sp³-hybridized carbons (Fsp3) is 0.529. The zero-order chi connectivity index (χ0) is 16.2. The van der Waals surface area contributed by atoms with Crippen molar-refractivity contribution in [3.8, 4) is 5.75 Å². The van der Waals surface area contributed by atoms with Crippen molar-refractivity contribution in [2.75, 3.05) is 13.2 Å². The second-order valence-corrected chi connectivity index (χ2v) is 6.17. The van der Waals surface area contributed by atoms with Crippen molar-refractivity contribution in [3.63, 3.8) is 0 Å². The number of aliphatic hydroxyl groups excluding tert-OH is 1. The quantitative estimate of drug-likeness (QED) is 0.853. The standard InChI is InChI=1S/C17H22N2O4/c20-7-8-23-14-9-16-15(18-10-14)5-6-19(16)11-12-1-3-13(4-2-12)17(21)22/h5-6,9-10,12-13,20H,1-4,7-8,11H2,(H,21,22)/t12-,13-. The molecule has 2 aromatic heterocycles. The zero-order valence-corrected chi connectivity index (χ0v) is 13.0. The highest BCUT2D eigenvalue weighted by Crippen LogP contribution is 2.31. The van der Waals surface area contributed by atoms with Gasteiger partial charge in [0.05, 0.1) is 29.8 Å². The van der Waals surface area contributed by atoms with Gasteiger partial charge in [0.15, 0.2) is 0 Å². The molecule has 2 aromatic rings. The number of carboxylic acids is 1. The maximum atomic E-state index is 11.0. The van der Waals surface area contributed by atoms with Gasteiger partial charge in [-0.25, -0.2) is 0 Å². The monoisotopic (exact) mass is 318 g/mol. The average Bonchev–Trinajstić information content (AvgIpc) is 2.96. The van der Waals surface area contributed by atoms with Gasteiger partial charge in [-0.05, 0) is 37.7 Å². The largest absolute Gasteiger partial charge is 0.490 e. The molecule has 1 saturated carbocycles. The minimum Gasteiger partial charge on any atom is -0.490 e. The molecule has 0 amide bonds. The van der Waals surface area contributed by atoms with Crippen molar-refractivity contribution in [3.05, 3.63) is 24.5 Å². The van der Waals surface area contributed by atoms with Crippen LogP contribution in [0.3, 0.4) is 0 Å². The molecule has 3 rings (SSSR count). The Balaban J connectivity index is 1.69. The summed E-state index contributed by atoms with van der Waals surface area (Å²) in [4.78, 5) is 15.4. The molecule has 23 heavy (non-hydrogen) atoms. The van der Waals surface area contributed by atoms with E-state index in [2.05, 4.69) is 9.55 Å². The third-order valence-electron chi connectivity index (χ3n) is 4.60. The van der Waals surface area contributed by atoms with E-state index in [1.807, 2.05) is 18.3 Å². The van der Waals surface area contributed by atoms with Gasteiger partial charge >= 0.3 is 5.97 Å². The summed E-state index contributed by atoms with van der Waals surface area (Å²) in [7, 11) is 0. The van der Waals surface area contributed by atoms with Crippen molar-refractivity contribution < 1.29 is 19.7 Å². The molecule has 0 atom stereocenters. The van der Waals surface area contributed by atoms with Crippen LogP contribution in [0.25, 0.3) is 11.0 Å². The number of nitrogens with zero attached hydrogens (tertiary/aromatic N) is 2. The van der Waals surface area contributed by atoms with Crippen LogP contribution in [0.5, 0.6) is 5.75 Å². The molecule has 1 aliphatic rings. The van der Waals surface area contributed by atoms with Gasteiger partial charge in [-0.2, -0.15) is 0 Å². The first-order valence-electron chi connectivity index (χ1n) is 8.08. The van der Waals surface area contributed by atoms with E-state index in [0.717, 1.165) is 43.3 Å². The fourth-order valence-electron chi connectivity index (χ4n) is 3.32. The lowest BCUT2D eigenvalue weighted by Gasteiger charge is -2.26. The van der Waals surface area contributed by atoms with Gasteiger partial charge in [0.25, 0.3) is 0 Å². The highest BCUT2D eigenvalue weighted by Gasteiger charge is 2.26. The van der Waals surface area contributed by atoms with Crippen LogP contribution in [0, 0.1) is 11.8 Å². The van der Waals surface area contributed by atoms with E-state index in [0.29, 0.717) is 11.7 Å². The Bertz CT molecular complexity index is 674. The van der Waals surface area contributed by atoms with Crippen LogP contribution in [0.15, 0.2) is 24.5 Å². The first-order chi connectivity index (χ1) is 11.2. The predicted molar refractivity (Wildman–Crippen MR) is 85.4 cm³/mol. The van der Waals surface area contributed by atoms with Crippen molar-refractivity contribution in [1.82, 2.24) is 9.55 Å². The molecule has 1 aliphatic carbocycles. The highest BCUT2D eigenvalue weighted by atomic mass is 16.5. The van der Waals surface area contributed by atoms with Gasteiger partial charge in [0, 0.05) is 18.8 Å². The number of rotatable bonds is 6. The number of aliphatic hydroxyl groups is 1. The Hall–Kier alpha value is -2.08. The Morgan fingerprint density at radius 3 is 2.83 bits per heavy atom. The lowest BCUT2D eigenvalue weighted by molar-refractivity contribution is -0.143. The number of fused-ring (bicyclic) bond motifs is 1. The van der Waals surface area contributed by atoms with Gasteiger partial charge in [-0.15, -0.1) is 0 Å². The van der Waals surface area contributed by atoms with Gasteiger partial charge < -0.3 is 19.5 Å². The summed E-state index contributed by atoms with van der Waals surface area (Å²) >= 11 is 0. The van der Waals surface area contributed by atoms with E-state index in [4.69, 9.17) is 14.9 Å². The summed E-state index contributed by atoms with van der Waals surface area (Å²) < 4.78 is 7.59. The van der Waals surface area contributed by atoms with Crippen LogP contribution in [0.2, 0.25) is 0 Å². The Labute approximate surface area is 134 Å². The maximum Gasteiger partial charge on any atom is 0.306 e. The maximum absolute atomic E-state index is 11.0. The molecule has 0 aromatic carbocycles. The van der Waals surface area contributed by atoms with Crippen molar-refractivity contribution in [1.29, 1.82) is 0 Å². The molecule has 0 aliphatic heterocycles. The third kappa shape index (κ3) is 3.64. The second kappa shape index (κ2) is 7.00. The molecular formula is C17H22N2O4.